The van der Waals surface area contributed by atoms with Crippen molar-refractivity contribution in [3.63, 3.8) is 0 Å². The van der Waals surface area contributed by atoms with Crippen LogP contribution in [0.15, 0.2) is 42.6 Å². The number of aromatic amines is 1. The second-order valence-corrected chi connectivity index (χ2v) is 6.98. The minimum Gasteiger partial charge on any atom is -0.454 e. The van der Waals surface area contributed by atoms with E-state index >= 15 is 0 Å². The summed E-state index contributed by atoms with van der Waals surface area (Å²) in [4.78, 5) is 18.9. The molecule has 0 bridgehead atoms. The van der Waals surface area contributed by atoms with E-state index in [0.717, 1.165) is 46.1 Å². The SMILES string of the molecule is O=C(CCc1ccccn1)N1CCc2[nH]nc(-c3ccc4c(c3)OCO4)c2C1. The second-order valence-electron chi connectivity index (χ2n) is 6.98. The van der Waals surface area contributed by atoms with E-state index in [2.05, 4.69) is 15.2 Å². The lowest BCUT2D eigenvalue weighted by Gasteiger charge is -2.27. The van der Waals surface area contributed by atoms with E-state index in [0.29, 0.717) is 25.9 Å². The molecule has 4 heterocycles. The van der Waals surface area contributed by atoms with E-state index in [1.165, 1.54) is 0 Å². The summed E-state index contributed by atoms with van der Waals surface area (Å²) >= 11 is 0. The molecule has 5 rings (SSSR count). The molecule has 2 aliphatic heterocycles. The van der Waals surface area contributed by atoms with Crippen molar-refractivity contribution < 1.29 is 14.3 Å². The Kier molecular flexibility index (Phi) is 4.20. The molecule has 28 heavy (non-hydrogen) atoms. The first-order valence-corrected chi connectivity index (χ1v) is 9.42. The topological polar surface area (TPSA) is 80.3 Å². The third kappa shape index (κ3) is 3.09. The van der Waals surface area contributed by atoms with E-state index < -0.39 is 0 Å². The van der Waals surface area contributed by atoms with Crippen LogP contribution < -0.4 is 9.47 Å². The number of hydrogen-bond acceptors (Lipinski definition) is 5. The Bertz CT molecular complexity index is 1020. The number of hydrogen-bond donors (Lipinski definition) is 1. The van der Waals surface area contributed by atoms with Gasteiger partial charge in [-0.25, -0.2) is 0 Å². The Labute approximate surface area is 162 Å². The summed E-state index contributed by atoms with van der Waals surface area (Å²) in [6.45, 7) is 1.52. The molecular formula is C21H20N4O3. The molecule has 0 radical (unpaired) electrons. The average Bonchev–Trinajstić information content (AvgIpc) is 3.38. The Morgan fingerprint density at radius 1 is 1.18 bits per heavy atom. The van der Waals surface area contributed by atoms with Gasteiger partial charge in [0.2, 0.25) is 12.7 Å². The van der Waals surface area contributed by atoms with Crippen LogP contribution in [-0.2, 0) is 24.2 Å². The van der Waals surface area contributed by atoms with Gasteiger partial charge in [-0.15, -0.1) is 0 Å². The summed E-state index contributed by atoms with van der Waals surface area (Å²) in [5.41, 5.74) is 4.95. The van der Waals surface area contributed by atoms with Gasteiger partial charge in [0, 0.05) is 54.6 Å². The van der Waals surface area contributed by atoms with Crippen LogP contribution in [-0.4, -0.2) is 39.3 Å². The maximum Gasteiger partial charge on any atom is 0.231 e. The number of H-pyrrole nitrogens is 1. The summed E-state index contributed by atoms with van der Waals surface area (Å²) in [5.74, 6) is 1.63. The maximum absolute atomic E-state index is 12.7. The highest BCUT2D eigenvalue weighted by Crippen LogP contribution is 2.37. The minimum atomic E-state index is 0.147. The molecule has 1 amide bonds. The molecule has 2 aromatic heterocycles. The van der Waals surface area contributed by atoms with Gasteiger partial charge in [-0.2, -0.15) is 5.10 Å². The molecule has 142 valence electrons. The van der Waals surface area contributed by atoms with Crippen molar-refractivity contribution >= 4 is 5.91 Å². The van der Waals surface area contributed by atoms with Crippen molar-refractivity contribution in [2.45, 2.75) is 25.8 Å². The standard InChI is InChI=1S/C21H20N4O3/c26-20(7-5-15-3-1-2-9-22-15)25-10-8-17-16(12-25)21(24-23-17)14-4-6-18-19(11-14)28-13-27-18/h1-4,6,9,11H,5,7-8,10,12-13H2,(H,23,24). The van der Waals surface area contributed by atoms with Crippen LogP contribution in [0.1, 0.15) is 23.4 Å². The molecule has 0 saturated heterocycles. The van der Waals surface area contributed by atoms with Gasteiger partial charge in [0.1, 0.15) is 0 Å². The van der Waals surface area contributed by atoms with E-state index in [1.807, 2.05) is 41.3 Å². The molecule has 2 aliphatic rings. The second kappa shape index (κ2) is 6.99. The number of benzene rings is 1. The molecule has 7 heteroatoms. The fourth-order valence-electron chi connectivity index (χ4n) is 3.73. The van der Waals surface area contributed by atoms with Crippen LogP contribution in [0.2, 0.25) is 0 Å². The molecule has 1 aromatic carbocycles. The number of aryl methyl sites for hydroxylation is 1. The van der Waals surface area contributed by atoms with Crippen LogP contribution in [0.4, 0.5) is 0 Å². The van der Waals surface area contributed by atoms with E-state index in [9.17, 15) is 4.79 Å². The van der Waals surface area contributed by atoms with Gasteiger partial charge in [0.15, 0.2) is 11.5 Å². The molecule has 0 aliphatic carbocycles. The molecule has 0 atom stereocenters. The largest absolute Gasteiger partial charge is 0.454 e. The third-order valence-electron chi connectivity index (χ3n) is 5.25. The number of ether oxygens (including phenoxy) is 2. The van der Waals surface area contributed by atoms with Gasteiger partial charge in [0.05, 0.1) is 5.69 Å². The third-order valence-corrected chi connectivity index (χ3v) is 5.25. The van der Waals surface area contributed by atoms with Gasteiger partial charge >= 0.3 is 0 Å². The molecular weight excluding hydrogens is 356 g/mol. The van der Waals surface area contributed by atoms with Crippen LogP contribution in [0, 0.1) is 0 Å². The first kappa shape index (κ1) is 16.8. The average molecular weight is 376 g/mol. The van der Waals surface area contributed by atoms with E-state index in [-0.39, 0.29) is 12.7 Å². The van der Waals surface area contributed by atoms with E-state index in [4.69, 9.17) is 9.47 Å². The zero-order valence-corrected chi connectivity index (χ0v) is 15.4. The maximum atomic E-state index is 12.7. The zero-order chi connectivity index (χ0) is 18.9. The quantitative estimate of drug-likeness (QED) is 0.757. The van der Waals surface area contributed by atoms with Crippen molar-refractivity contribution in [2.75, 3.05) is 13.3 Å². The number of carbonyl (C=O) groups is 1. The Morgan fingerprint density at radius 2 is 2.11 bits per heavy atom. The predicted molar refractivity (Wildman–Crippen MR) is 102 cm³/mol. The number of nitrogens with one attached hydrogen (secondary N) is 1. The summed E-state index contributed by atoms with van der Waals surface area (Å²) in [6, 6.07) is 11.6. The minimum absolute atomic E-state index is 0.147. The van der Waals surface area contributed by atoms with Crippen LogP contribution >= 0.6 is 0 Å². The number of nitrogens with zero attached hydrogens (tertiary/aromatic N) is 3. The molecule has 0 unspecified atom stereocenters. The lowest BCUT2D eigenvalue weighted by atomic mass is 10.00. The summed E-state index contributed by atoms with van der Waals surface area (Å²) in [7, 11) is 0. The van der Waals surface area contributed by atoms with Crippen molar-refractivity contribution in [1.29, 1.82) is 0 Å². The highest BCUT2D eigenvalue weighted by molar-refractivity contribution is 5.77. The van der Waals surface area contributed by atoms with Gasteiger partial charge in [0.25, 0.3) is 0 Å². The molecule has 0 fully saturated rings. The predicted octanol–water partition coefficient (Wildman–Crippen LogP) is 2.72. The summed E-state index contributed by atoms with van der Waals surface area (Å²) in [5, 5.41) is 7.65. The number of pyridine rings is 1. The summed E-state index contributed by atoms with van der Waals surface area (Å²) < 4.78 is 10.9. The highest BCUT2D eigenvalue weighted by Gasteiger charge is 2.26. The lowest BCUT2D eigenvalue weighted by molar-refractivity contribution is -0.132. The molecule has 0 spiro atoms. The zero-order valence-electron chi connectivity index (χ0n) is 15.4. The molecule has 1 N–H and O–H groups in total. The smallest absolute Gasteiger partial charge is 0.231 e. The highest BCUT2D eigenvalue weighted by atomic mass is 16.7. The van der Waals surface area contributed by atoms with Crippen LogP contribution in [0.25, 0.3) is 11.3 Å². The Balaban J connectivity index is 1.33. The van der Waals surface area contributed by atoms with Crippen molar-refractivity contribution in [3.05, 3.63) is 59.5 Å². The normalized spacial score (nSPS) is 14.8. The molecule has 7 nitrogen and oxygen atoms in total. The fraction of sp³-hybridized carbons (Fsp3) is 0.286. The first-order valence-electron chi connectivity index (χ1n) is 9.42. The Morgan fingerprint density at radius 3 is 3.00 bits per heavy atom. The monoisotopic (exact) mass is 376 g/mol. The van der Waals surface area contributed by atoms with Gasteiger partial charge in [-0.1, -0.05) is 6.07 Å². The van der Waals surface area contributed by atoms with Gasteiger partial charge in [-0.05, 0) is 36.8 Å². The summed E-state index contributed by atoms with van der Waals surface area (Å²) in [6.07, 6.45) is 3.66. The molecule has 0 saturated carbocycles. The number of rotatable bonds is 4. The van der Waals surface area contributed by atoms with Gasteiger partial charge in [-0.3, -0.25) is 14.9 Å². The first-order chi connectivity index (χ1) is 13.8. The fourth-order valence-corrected chi connectivity index (χ4v) is 3.73. The van der Waals surface area contributed by atoms with Crippen molar-refractivity contribution in [1.82, 2.24) is 20.1 Å². The number of fused-ring (bicyclic) bond motifs is 2. The van der Waals surface area contributed by atoms with E-state index in [1.54, 1.807) is 6.20 Å². The number of carbonyl (C=O) groups excluding carboxylic acids is 1. The lowest BCUT2D eigenvalue weighted by Crippen LogP contribution is -2.36. The van der Waals surface area contributed by atoms with Crippen molar-refractivity contribution in [3.8, 4) is 22.8 Å². The van der Waals surface area contributed by atoms with Gasteiger partial charge < -0.3 is 14.4 Å². The number of aromatic nitrogens is 3. The van der Waals surface area contributed by atoms with Crippen LogP contribution in [0.3, 0.4) is 0 Å². The Hall–Kier alpha value is -3.35. The van der Waals surface area contributed by atoms with Crippen molar-refractivity contribution in [2.24, 2.45) is 0 Å². The van der Waals surface area contributed by atoms with Crippen LogP contribution in [0.5, 0.6) is 11.5 Å². The molecule has 3 aromatic rings. The number of amides is 1.